The predicted octanol–water partition coefficient (Wildman–Crippen LogP) is 1.83. The van der Waals surface area contributed by atoms with Crippen molar-refractivity contribution < 1.29 is 5.11 Å². The lowest BCUT2D eigenvalue weighted by Gasteiger charge is -2.25. The third kappa shape index (κ3) is 2.75. The molecule has 4 nitrogen and oxygen atoms in total. The molecule has 1 unspecified atom stereocenters. The third-order valence-corrected chi connectivity index (χ3v) is 3.55. The van der Waals surface area contributed by atoms with Gasteiger partial charge in [0.05, 0.1) is 17.6 Å². The summed E-state index contributed by atoms with van der Waals surface area (Å²) in [7, 11) is 0. The van der Waals surface area contributed by atoms with E-state index in [9.17, 15) is 0 Å². The van der Waals surface area contributed by atoms with Crippen molar-refractivity contribution in [1.29, 1.82) is 0 Å². The summed E-state index contributed by atoms with van der Waals surface area (Å²) >= 11 is 0. The second kappa shape index (κ2) is 5.45. The summed E-state index contributed by atoms with van der Waals surface area (Å²) in [6.45, 7) is 5.33. The molecule has 1 fully saturated rings. The van der Waals surface area contributed by atoms with Crippen molar-refractivity contribution in [2.45, 2.75) is 45.6 Å². The molecule has 0 radical (unpaired) electrons. The number of aromatic nitrogens is 2. The van der Waals surface area contributed by atoms with Crippen molar-refractivity contribution in [3.63, 3.8) is 0 Å². The first-order valence-corrected chi connectivity index (χ1v) is 6.40. The molecule has 94 valence electrons. The molecule has 1 aliphatic heterocycles. The first-order valence-electron chi connectivity index (χ1n) is 6.40. The summed E-state index contributed by atoms with van der Waals surface area (Å²) in [6, 6.07) is 0.526. The number of aryl methyl sites for hydroxylation is 2. The second-order valence-corrected chi connectivity index (χ2v) is 4.75. The molecule has 1 aromatic heterocycles. The average Bonchev–Trinajstić information content (AvgIpc) is 2.78. The van der Waals surface area contributed by atoms with Gasteiger partial charge in [0.25, 0.3) is 0 Å². The van der Waals surface area contributed by atoms with Crippen molar-refractivity contribution in [3.8, 4) is 0 Å². The van der Waals surface area contributed by atoms with E-state index in [0.29, 0.717) is 6.04 Å². The highest BCUT2D eigenvalue weighted by Crippen LogP contribution is 2.26. The van der Waals surface area contributed by atoms with Crippen LogP contribution in [0.15, 0.2) is 6.20 Å². The van der Waals surface area contributed by atoms with Gasteiger partial charge >= 0.3 is 0 Å². The van der Waals surface area contributed by atoms with Gasteiger partial charge in [-0.15, -0.1) is 0 Å². The van der Waals surface area contributed by atoms with E-state index in [1.807, 2.05) is 20.0 Å². The van der Waals surface area contributed by atoms with Crippen LogP contribution < -0.4 is 4.90 Å². The number of hydrogen-bond donors (Lipinski definition) is 1. The largest absolute Gasteiger partial charge is 0.396 e. The van der Waals surface area contributed by atoms with Crippen LogP contribution in [0, 0.1) is 13.8 Å². The van der Waals surface area contributed by atoms with E-state index in [1.54, 1.807) is 0 Å². The SMILES string of the molecule is Cc1ncc(N2CCCC2CCCO)nc1C. The molecule has 1 saturated heterocycles. The fraction of sp³-hybridized carbons (Fsp3) is 0.692. The molecule has 1 atom stereocenters. The first-order chi connectivity index (χ1) is 8.22. The first kappa shape index (κ1) is 12.3. The normalized spacial score (nSPS) is 19.9. The zero-order valence-corrected chi connectivity index (χ0v) is 10.7. The number of rotatable bonds is 4. The molecule has 17 heavy (non-hydrogen) atoms. The number of anilines is 1. The Morgan fingerprint density at radius 3 is 2.94 bits per heavy atom. The van der Waals surface area contributed by atoms with Crippen molar-refractivity contribution in [3.05, 3.63) is 17.6 Å². The van der Waals surface area contributed by atoms with Crippen LogP contribution >= 0.6 is 0 Å². The highest BCUT2D eigenvalue weighted by atomic mass is 16.2. The zero-order valence-electron chi connectivity index (χ0n) is 10.7. The molecular weight excluding hydrogens is 214 g/mol. The Hall–Kier alpha value is -1.16. The van der Waals surface area contributed by atoms with Crippen molar-refractivity contribution in [1.82, 2.24) is 9.97 Å². The Bertz CT molecular complexity index is 381. The van der Waals surface area contributed by atoms with Gasteiger partial charge in [-0.1, -0.05) is 0 Å². The van der Waals surface area contributed by atoms with Crippen LogP contribution in [0.4, 0.5) is 5.82 Å². The molecule has 0 amide bonds. The van der Waals surface area contributed by atoms with Crippen LogP contribution in [0.3, 0.4) is 0 Å². The standard InChI is InChI=1S/C13H21N3O/c1-10-11(2)15-13(9-14-10)16-7-3-5-12(16)6-4-8-17/h9,12,17H,3-8H2,1-2H3. The van der Waals surface area contributed by atoms with Gasteiger partial charge in [0.2, 0.25) is 0 Å². The minimum atomic E-state index is 0.281. The van der Waals surface area contributed by atoms with Gasteiger partial charge in [0.1, 0.15) is 5.82 Å². The van der Waals surface area contributed by atoms with Crippen LogP contribution in [0.5, 0.6) is 0 Å². The highest BCUT2D eigenvalue weighted by molar-refractivity contribution is 5.40. The zero-order chi connectivity index (χ0) is 12.3. The van der Waals surface area contributed by atoms with E-state index in [0.717, 1.165) is 36.6 Å². The molecule has 4 heteroatoms. The highest BCUT2D eigenvalue weighted by Gasteiger charge is 2.25. The molecule has 1 aromatic rings. The lowest BCUT2D eigenvalue weighted by Crippen LogP contribution is -2.30. The third-order valence-electron chi connectivity index (χ3n) is 3.55. The van der Waals surface area contributed by atoms with Crippen molar-refractivity contribution in [2.75, 3.05) is 18.1 Å². The van der Waals surface area contributed by atoms with Gasteiger partial charge in [-0.25, -0.2) is 4.98 Å². The van der Waals surface area contributed by atoms with Gasteiger partial charge in [0, 0.05) is 19.2 Å². The summed E-state index contributed by atoms with van der Waals surface area (Å²) in [5, 5.41) is 8.92. The number of hydrogen-bond acceptors (Lipinski definition) is 4. The van der Waals surface area contributed by atoms with Crippen LogP contribution in [0.2, 0.25) is 0 Å². The summed E-state index contributed by atoms with van der Waals surface area (Å²) in [6.07, 6.45) is 6.21. The van der Waals surface area contributed by atoms with Gasteiger partial charge in [-0.2, -0.15) is 0 Å². The fourth-order valence-electron chi connectivity index (χ4n) is 2.43. The van der Waals surface area contributed by atoms with Crippen LogP contribution in [-0.2, 0) is 0 Å². The maximum atomic E-state index is 8.92. The summed E-state index contributed by atoms with van der Waals surface area (Å²) < 4.78 is 0. The Kier molecular flexibility index (Phi) is 3.94. The van der Waals surface area contributed by atoms with E-state index in [2.05, 4.69) is 14.9 Å². The molecule has 0 spiro atoms. The van der Waals surface area contributed by atoms with Crippen LogP contribution in [0.25, 0.3) is 0 Å². The van der Waals surface area contributed by atoms with Gasteiger partial charge < -0.3 is 10.0 Å². The number of nitrogens with zero attached hydrogens (tertiary/aromatic N) is 3. The van der Waals surface area contributed by atoms with Crippen molar-refractivity contribution in [2.24, 2.45) is 0 Å². The minimum Gasteiger partial charge on any atom is -0.396 e. The minimum absolute atomic E-state index is 0.281. The van der Waals surface area contributed by atoms with E-state index in [1.165, 1.54) is 12.8 Å². The van der Waals surface area contributed by atoms with E-state index in [-0.39, 0.29) is 6.61 Å². The fourth-order valence-corrected chi connectivity index (χ4v) is 2.43. The molecule has 2 heterocycles. The number of aliphatic hydroxyl groups is 1. The van der Waals surface area contributed by atoms with Gasteiger partial charge in [-0.05, 0) is 39.5 Å². The van der Waals surface area contributed by atoms with E-state index in [4.69, 9.17) is 5.11 Å². The molecule has 2 rings (SSSR count). The quantitative estimate of drug-likeness (QED) is 0.865. The summed E-state index contributed by atoms with van der Waals surface area (Å²) in [5.41, 5.74) is 2.01. The molecule has 0 aliphatic carbocycles. The molecule has 0 saturated carbocycles. The second-order valence-electron chi connectivity index (χ2n) is 4.75. The monoisotopic (exact) mass is 235 g/mol. The Balaban J connectivity index is 2.11. The van der Waals surface area contributed by atoms with E-state index >= 15 is 0 Å². The molecule has 0 bridgehead atoms. The molecule has 1 N–H and O–H groups in total. The lowest BCUT2D eigenvalue weighted by molar-refractivity contribution is 0.279. The van der Waals surface area contributed by atoms with Crippen molar-refractivity contribution >= 4 is 5.82 Å². The topological polar surface area (TPSA) is 49.2 Å². The summed E-state index contributed by atoms with van der Waals surface area (Å²) in [5.74, 6) is 0.994. The lowest BCUT2D eigenvalue weighted by atomic mass is 10.1. The molecule has 0 aromatic carbocycles. The number of aliphatic hydroxyl groups excluding tert-OH is 1. The maximum absolute atomic E-state index is 8.92. The van der Waals surface area contributed by atoms with Crippen LogP contribution in [0.1, 0.15) is 37.1 Å². The van der Waals surface area contributed by atoms with Gasteiger partial charge in [0.15, 0.2) is 0 Å². The smallest absolute Gasteiger partial charge is 0.147 e. The molecule has 1 aliphatic rings. The summed E-state index contributed by atoms with van der Waals surface area (Å²) in [4.78, 5) is 11.3. The Labute approximate surface area is 103 Å². The maximum Gasteiger partial charge on any atom is 0.147 e. The van der Waals surface area contributed by atoms with Crippen LogP contribution in [-0.4, -0.2) is 34.3 Å². The van der Waals surface area contributed by atoms with Gasteiger partial charge in [-0.3, -0.25) is 4.98 Å². The Morgan fingerprint density at radius 1 is 1.41 bits per heavy atom. The predicted molar refractivity (Wildman–Crippen MR) is 68.2 cm³/mol. The average molecular weight is 235 g/mol. The molecular formula is C13H21N3O. The van der Waals surface area contributed by atoms with E-state index < -0.39 is 0 Å². The Morgan fingerprint density at radius 2 is 2.24 bits per heavy atom.